The zero-order valence-corrected chi connectivity index (χ0v) is 8.64. The summed E-state index contributed by atoms with van der Waals surface area (Å²) in [5.74, 6) is 0. The van der Waals surface area contributed by atoms with E-state index in [0.29, 0.717) is 0 Å². The molecule has 0 spiro atoms. The summed E-state index contributed by atoms with van der Waals surface area (Å²) in [7, 11) is 1.75. The minimum absolute atomic E-state index is 0.787. The fourth-order valence-corrected chi connectivity index (χ4v) is 1.10. The highest BCUT2D eigenvalue weighted by molar-refractivity contribution is 5.57. The maximum absolute atomic E-state index is 3.98. The van der Waals surface area contributed by atoms with Gasteiger partial charge in [0.2, 0.25) is 0 Å². The summed E-state index contributed by atoms with van der Waals surface area (Å²) < 4.78 is 0. The lowest BCUT2D eigenvalue weighted by atomic mass is 10.2. The molecule has 0 aliphatic carbocycles. The summed E-state index contributed by atoms with van der Waals surface area (Å²) in [6.07, 6.45) is 5.35. The van der Waals surface area contributed by atoms with E-state index in [-0.39, 0.29) is 0 Å². The fraction of sp³-hybridized carbons (Fsp3) is 0.273. The van der Waals surface area contributed by atoms with E-state index in [9.17, 15) is 0 Å². The van der Waals surface area contributed by atoms with Crippen LogP contribution in [0.4, 0.5) is 0 Å². The SMILES string of the molecule is C=C(C)N(C=NC)Cc1ccncc1. The first-order valence-corrected chi connectivity index (χ1v) is 4.47. The Hall–Kier alpha value is -1.64. The van der Waals surface area contributed by atoms with Gasteiger partial charge in [-0.2, -0.15) is 0 Å². The van der Waals surface area contributed by atoms with Crippen LogP contribution in [0.5, 0.6) is 0 Å². The highest BCUT2D eigenvalue weighted by atomic mass is 15.1. The Bertz CT molecular complexity index is 317. The third kappa shape index (κ3) is 3.01. The second-order valence-corrected chi connectivity index (χ2v) is 3.09. The Kier molecular flexibility index (Phi) is 3.85. The Morgan fingerprint density at radius 3 is 2.71 bits per heavy atom. The lowest BCUT2D eigenvalue weighted by Gasteiger charge is -2.18. The highest BCUT2D eigenvalue weighted by Gasteiger charge is 2.00. The maximum atomic E-state index is 3.98. The van der Waals surface area contributed by atoms with Crippen molar-refractivity contribution in [1.29, 1.82) is 0 Å². The summed E-state index contributed by atoms with van der Waals surface area (Å²) in [4.78, 5) is 9.94. The van der Waals surface area contributed by atoms with Gasteiger partial charge in [0.1, 0.15) is 0 Å². The normalized spacial score (nSPS) is 10.4. The van der Waals surface area contributed by atoms with Gasteiger partial charge in [0.05, 0.1) is 6.34 Å². The predicted molar refractivity (Wildman–Crippen MR) is 59.0 cm³/mol. The van der Waals surface area contributed by atoms with Crippen molar-refractivity contribution >= 4 is 6.34 Å². The van der Waals surface area contributed by atoms with Crippen molar-refractivity contribution in [3.05, 3.63) is 42.4 Å². The molecule has 1 heterocycles. The second-order valence-electron chi connectivity index (χ2n) is 3.09. The quantitative estimate of drug-likeness (QED) is 0.536. The Labute approximate surface area is 84.8 Å². The van der Waals surface area contributed by atoms with Gasteiger partial charge >= 0.3 is 0 Å². The minimum atomic E-state index is 0.787. The number of hydrogen-bond acceptors (Lipinski definition) is 2. The van der Waals surface area contributed by atoms with Gasteiger partial charge in [-0.3, -0.25) is 9.98 Å². The van der Waals surface area contributed by atoms with Crippen LogP contribution in [0.15, 0.2) is 41.8 Å². The van der Waals surface area contributed by atoms with Crippen LogP contribution in [-0.4, -0.2) is 23.3 Å². The van der Waals surface area contributed by atoms with Gasteiger partial charge in [0.25, 0.3) is 0 Å². The number of aliphatic imine (C=N–C) groups is 1. The van der Waals surface area contributed by atoms with Gasteiger partial charge in [0, 0.05) is 31.7 Å². The van der Waals surface area contributed by atoms with Crippen molar-refractivity contribution in [2.45, 2.75) is 13.5 Å². The molecule has 3 heteroatoms. The third-order valence-electron chi connectivity index (χ3n) is 1.85. The molecule has 0 aliphatic rings. The third-order valence-corrected chi connectivity index (χ3v) is 1.85. The topological polar surface area (TPSA) is 28.5 Å². The molecule has 0 saturated carbocycles. The number of allylic oxidation sites excluding steroid dienone is 1. The molecule has 74 valence electrons. The molecule has 3 nitrogen and oxygen atoms in total. The van der Waals surface area contributed by atoms with Crippen molar-refractivity contribution in [2.24, 2.45) is 4.99 Å². The Balaban J connectivity index is 2.70. The molecule has 1 rings (SSSR count). The molecule has 0 aliphatic heterocycles. The number of rotatable bonds is 4. The Morgan fingerprint density at radius 2 is 2.21 bits per heavy atom. The molecule has 0 radical (unpaired) electrons. The molecule has 0 fully saturated rings. The van der Waals surface area contributed by atoms with E-state index in [1.54, 1.807) is 25.8 Å². The molecule has 1 aromatic heterocycles. The van der Waals surface area contributed by atoms with Gasteiger partial charge in [-0.15, -0.1) is 0 Å². The van der Waals surface area contributed by atoms with Crippen LogP contribution < -0.4 is 0 Å². The molecule has 0 N–H and O–H groups in total. The monoisotopic (exact) mass is 189 g/mol. The van der Waals surface area contributed by atoms with Gasteiger partial charge < -0.3 is 4.90 Å². The van der Waals surface area contributed by atoms with E-state index in [1.807, 2.05) is 24.0 Å². The van der Waals surface area contributed by atoms with Gasteiger partial charge in [0.15, 0.2) is 0 Å². The van der Waals surface area contributed by atoms with E-state index in [2.05, 4.69) is 16.6 Å². The van der Waals surface area contributed by atoms with E-state index in [4.69, 9.17) is 0 Å². The van der Waals surface area contributed by atoms with E-state index >= 15 is 0 Å². The van der Waals surface area contributed by atoms with E-state index in [1.165, 1.54) is 5.56 Å². The molecule has 0 atom stereocenters. The summed E-state index contributed by atoms with van der Waals surface area (Å²) in [5.41, 5.74) is 2.18. The summed E-state index contributed by atoms with van der Waals surface area (Å²) >= 11 is 0. The second kappa shape index (κ2) is 5.17. The highest BCUT2D eigenvalue weighted by Crippen LogP contribution is 2.06. The first-order valence-electron chi connectivity index (χ1n) is 4.47. The van der Waals surface area contributed by atoms with Crippen LogP contribution >= 0.6 is 0 Å². The van der Waals surface area contributed by atoms with Gasteiger partial charge in [-0.25, -0.2) is 0 Å². The summed E-state index contributed by atoms with van der Waals surface area (Å²) in [5, 5.41) is 0. The zero-order chi connectivity index (χ0) is 10.4. The van der Waals surface area contributed by atoms with Crippen molar-refractivity contribution in [3.8, 4) is 0 Å². The number of hydrogen-bond donors (Lipinski definition) is 0. The number of pyridine rings is 1. The molecule has 0 aromatic carbocycles. The average Bonchev–Trinajstić information content (AvgIpc) is 2.18. The molecule has 0 bridgehead atoms. The van der Waals surface area contributed by atoms with Crippen LogP contribution in [0.3, 0.4) is 0 Å². The minimum Gasteiger partial charge on any atom is -0.333 e. The van der Waals surface area contributed by atoms with Crippen LogP contribution in [-0.2, 0) is 6.54 Å². The largest absolute Gasteiger partial charge is 0.333 e. The lowest BCUT2D eigenvalue weighted by molar-refractivity contribution is 0.524. The average molecular weight is 189 g/mol. The van der Waals surface area contributed by atoms with Gasteiger partial charge in [-0.1, -0.05) is 6.58 Å². The molecule has 0 saturated heterocycles. The van der Waals surface area contributed by atoms with E-state index in [0.717, 1.165) is 12.2 Å². The van der Waals surface area contributed by atoms with Crippen molar-refractivity contribution < 1.29 is 0 Å². The van der Waals surface area contributed by atoms with Gasteiger partial charge in [-0.05, 0) is 24.6 Å². The zero-order valence-electron chi connectivity index (χ0n) is 8.64. The molecule has 0 unspecified atom stereocenters. The number of aromatic nitrogens is 1. The number of nitrogens with zero attached hydrogens (tertiary/aromatic N) is 3. The first kappa shape index (κ1) is 10.4. The molecule has 1 aromatic rings. The van der Waals surface area contributed by atoms with Crippen molar-refractivity contribution in [3.63, 3.8) is 0 Å². The summed E-state index contributed by atoms with van der Waals surface area (Å²) in [6.45, 7) is 6.64. The Morgan fingerprint density at radius 1 is 1.57 bits per heavy atom. The van der Waals surface area contributed by atoms with E-state index < -0.39 is 0 Å². The molecular formula is C11H15N3. The molecular weight excluding hydrogens is 174 g/mol. The molecule has 0 amide bonds. The van der Waals surface area contributed by atoms with Crippen molar-refractivity contribution in [2.75, 3.05) is 7.05 Å². The van der Waals surface area contributed by atoms with Crippen LogP contribution in [0, 0.1) is 0 Å². The van der Waals surface area contributed by atoms with Crippen LogP contribution in [0.2, 0.25) is 0 Å². The van der Waals surface area contributed by atoms with Crippen LogP contribution in [0.25, 0.3) is 0 Å². The van der Waals surface area contributed by atoms with Crippen LogP contribution in [0.1, 0.15) is 12.5 Å². The first-order chi connectivity index (χ1) is 6.74. The predicted octanol–water partition coefficient (Wildman–Crippen LogP) is 2.08. The maximum Gasteiger partial charge on any atom is 0.0891 e. The molecule has 14 heavy (non-hydrogen) atoms. The standard InChI is InChI=1S/C11H15N3/c1-10(2)14(9-12-3)8-11-4-6-13-7-5-11/h4-7,9H,1,8H2,2-3H3. The lowest BCUT2D eigenvalue weighted by Crippen LogP contribution is -2.18. The summed E-state index contributed by atoms with van der Waals surface area (Å²) in [6, 6.07) is 3.97. The fourth-order valence-electron chi connectivity index (χ4n) is 1.10. The smallest absolute Gasteiger partial charge is 0.0891 e. The van der Waals surface area contributed by atoms with Crippen molar-refractivity contribution in [1.82, 2.24) is 9.88 Å².